The van der Waals surface area contributed by atoms with E-state index in [1.54, 1.807) is 13.0 Å². The summed E-state index contributed by atoms with van der Waals surface area (Å²) >= 11 is 0. The molecule has 1 unspecified atom stereocenters. The fraction of sp³-hybridized carbons (Fsp3) is 0.250. The molecule has 1 heterocycles. The summed E-state index contributed by atoms with van der Waals surface area (Å²) in [6.07, 6.45) is 0. The minimum Gasteiger partial charge on any atom is -0.345 e. The highest BCUT2D eigenvalue weighted by molar-refractivity contribution is 5.95. The second-order valence-corrected chi connectivity index (χ2v) is 6.17. The lowest BCUT2D eigenvalue weighted by atomic mass is 10.1. The highest BCUT2D eigenvalue weighted by Gasteiger charge is 2.19. The SMILES string of the molecule is CC(=O)C(C)n1c(CNC(=O)c2ccccc2C)nc2ccccc21. The van der Waals surface area contributed by atoms with Crippen molar-refractivity contribution in [1.82, 2.24) is 14.9 Å². The number of carbonyl (C=O) groups is 2. The maximum atomic E-state index is 12.5. The van der Waals surface area contributed by atoms with Crippen LogP contribution in [0, 0.1) is 6.92 Å². The average Bonchev–Trinajstić information content (AvgIpc) is 2.97. The Kier molecular flexibility index (Phi) is 4.65. The number of nitrogens with zero attached hydrogens (tertiary/aromatic N) is 2. The van der Waals surface area contributed by atoms with Crippen LogP contribution in [0.25, 0.3) is 11.0 Å². The van der Waals surface area contributed by atoms with Gasteiger partial charge >= 0.3 is 0 Å². The molecule has 1 atom stereocenters. The van der Waals surface area contributed by atoms with Gasteiger partial charge in [-0.3, -0.25) is 9.59 Å². The number of hydrogen-bond donors (Lipinski definition) is 1. The molecule has 3 rings (SSSR count). The zero-order valence-electron chi connectivity index (χ0n) is 14.6. The summed E-state index contributed by atoms with van der Waals surface area (Å²) in [6.45, 7) is 5.58. The van der Waals surface area contributed by atoms with Crippen LogP contribution < -0.4 is 5.32 Å². The number of para-hydroxylation sites is 2. The third-order valence-electron chi connectivity index (χ3n) is 4.44. The molecule has 0 spiro atoms. The number of hydrogen-bond acceptors (Lipinski definition) is 3. The zero-order chi connectivity index (χ0) is 18.0. The van der Waals surface area contributed by atoms with Crippen molar-refractivity contribution < 1.29 is 9.59 Å². The summed E-state index contributed by atoms with van der Waals surface area (Å²) in [6, 6.07) is 14.8. The monoisotopic (exact) mass is 335 g/mol. The molecule has 1 amide bonds. The quantitative estimate of drug-likeness (QED) is 0.777. The Balaban J connectivity index is 1.91. The number of nitrogens with one attached hydrogen (secondary N) is 1. The second kappa shape index (κ2) is 6.89. The van der Waals surface area contributed by atoms with Crippen LogP contribution in [-0.4, -0.2) is 21.2 Å². The Hall–Kier alpha value is -2.95. The van der Waals surface area contributed by atoms with Gasteiger partial charge in [0.15, 0.2) is 5.78 Å². The van der Waals surface area contributed by atoms with E-state index in [4.69, 9.17) is 0 Å². The molecule has 128 valence electrons. The number of ketones is 1. The lowest BCUT2D eigenvalue weighted by Gasteiger charge is -2.15. The van der Waals surface area contributed by atoms with Gasteiger partial charge in [-0.2, -0.15) is 0 Å². The Morgan fingerprint density at radius 2 is 1.80 bits per heavy atom. The lowest BCUT2D eigenvalue weighted by molar-refractivity contribution is -0.119. The molecule has 1 aromatic heterocycles. The van der Waals surface area contributed by atoms with Gasteiger partial charge in [-0.25, -0.2) is 4.98 Å². The highest BCUT2D eigenvalue weighted by atomic mass is 16.1. The van der Waals surface area contributed by atoms with E-state index in [1.807, 2.05) is 60.9 Å². The first kappa shape index (κ1) is 16.9. The van der Waals surface area contributed by atoms with Crippen molar-refractivity contribution in [3.63, 3.8) is 0 Å². The number of Topliss-reactive ketones (excluding diaryl/α,β-unsaturated/α-hetero) is 1. The Morgan fingerprint density at radius 1 is 1.12 bits per heavy atom. The van der Waals surface area contributed by atoms with Gasteiger partial charge in [-0.15, -0.1) is 0 Å². The first-order valence-corrected chi connectivity index (χ1v) is 8.29. The Labute approximate surface area is 146 Å². The topological polar surface area (TPSA) is 64.0 Å². The van der Waals surface area contributed by atoms with E-state index < -0.39 is 0 Å². The molecule has 2 aromatic carbocycles. The first-order valence-electron chi connectivity index (χ1n) is 8.29. The predicted molar refractivity (Wildman–Crippen MR) is 97.5 cm³/mol. The van der Waals surface area contributed by atoms with Crippen LogP contribution in [0.3, 0.4) is 0 Å². The molecule has 0 fully saturated rings. The van der Waals surface area contributed by atoms with Gasteiger partial charge in [0.2, 0.25) is 0 Å². The maximum Gasteiger partial charge on any atom is 0.251 e. The van der Waals surface area contributed by atoms with Crippen LogP contribution in [0.5, 0.6) is 0 Å². The number of imidazole rings is 1. The van der Waals surface area contributed by atoms with Crippen molar-refractivity contribution in [3.05, 3.63) is 65.5 Å². The molecular weight excluding hydrogens is 314 g/mol. The maximum absolute atomic E-state index is 12.5. The first-order chi connectivity index (χ1) is 12.0. The van der Waals surface area contributed by atoms with Crippen molar-refractivity contribution >= 4 is 22.7 Å². The molecule has 0 aliphatic carbocycles. The molecule has 0 bridgehead atoms. The second-order valence-electron chi connectivity index (χ2n) is 6.17. The summed E-state index contributed by atoms with van der Waals surface area (Å²) < 4.78 is 1.90. The van der Waals surface area contributed by atoms with E-state index >= 15 is 0 Å². The molecule has 0 saturated heterocycles. The fourth-order valence-electron chi connectivity index (χ4n) is 2.92. The van der Waals surface area contributed by atoms with Crippen LogP contribution >= 0.6 is 0 Å². The summed E-state index contributed by atoms with van der Waals surface area (Å²) in [5, 5.41) is 2.92. The van der Waals surface area contributed by atoms with E-state index in [-0.39, 0.29) is 24.3 Å². The molecule has 5 heteroatoms. The van der Waals surface area contributed by atoms with E-state index in [2.05, 4.69) is 10.3 Å². The number of carbonyl (C=O) groups excluding carboxylic acids is 2. The molecule has 0 aliphatic heterocycles. The van der Waals surface area contributed by atoms with Crippen molar-refractivity contribution in [3.8, 4) is 0 Å². The van der Waals surface area contributed by atoms with Gasteiger partial charge in [0.25, 0.3) is 5.91 Å². The molecule has 1 N–H and O–H groups in total. The number of benzene rings is 2. The molecule has 5 nitrogen and oxygen atoms in total. The fourth-order valence-corrected chi connectivity index (χ4v) is 2.92. The molecule has 0 aliphatic rings. The predicted octanol–water partition coefficient (Wildman–Crippen LogP) is 3.42. The average molecular weight is 335 g/mol. The molecule has 0 radical (unpaired) electrons. The summed E-state index contributed by atoms with van der Waals surface area (Å²) in [5.74, 6) is 0.577. The third-order valence-corrected chi connectivity index (χ3v) is 4.44. The van der Waals surface area contributed by atoms with Crippen LogP contribution in [0.1, 0.15) is 41.6 Å². The third kappa shape index (κ3) is 3.31. The van der Waals surface area contributed by atoms with Crippen molar-refractivity contribution in [2.24, 2.45) is 0 Å². The number of fused-ring (bicyclic) bond motifs is 1. The summed E-state index contributed by atoms with van der Waals surface area (Å²) in [4.78, 5) is 29.0. The minimum absolute atomic E-state index is 0.0506. The van der Waals surface area contributed by atoms with Crippen LogP contribution in [0.4, 0.5) is 0 Å². The van der Waals surface area contributed by atoms with Gasteiger partial charge in [0.1, 0.15) is 5.82 Å². The lowest BCUT2D eigenvalue weighted by Crippen LogP contribution is -2.26. The number of amides is 1. The molecule has 25 heavy (non-hydrogen) atoms. The number of rotatable bonds is 5. The van der Waals surface area contributed by atoms with Gasteiger partial charge in [-0.05, 0) is 44.5 Å². The van der Waals surface area contributed by atoms with Crippen molar-refractivity contribution in [2.75, 3.05) is 0 Å². The standard InChI is InChI=1S/C20H21N3O2/c1-13-8-4-5-9-16(13)20(25)21-12-19-22-17-10-6-7-11-18(17)23(19)14(2)15(3)24/h4-11,14H,12H2,1-3H3,(H,21,25). The summed E-state index contributed by atoms with van der Waals surface area (Å²) in [7, 11) is 0. The van der Waals surface area contributed by atoms with Crippen LogP contribution in [0.2, 0.25) is 0 Å². The summed E-state index contributed by atoms with van der Waals surface area (Å²) in [5.41, 5.74) is 3.27. The molecule has 0 saturated carbocycles. The zero-order valence-corrected chi connectivity index (χ0v) is 14.6. The van der Waals surface area contributed by atoms with E-state index in [1.165, 1.54) is 0 Å². The van der Waals surface area contributed by atoms with Crippen molar-refractivity contribution in [1.29, 1.82) is 0 Å². The highest BCUT2D eigenvalue weighted by Crippen LogP contribution is 2.22. The van der Waals surface area contributed by atoms with Crippen molar-refractivity contribution in [2.45, 2.75) is 33.4 Å². The van der Waals surface area contributed by atoms with E-state index in [0.717, 1.165) is 16.6 Å². The molecular formula is C20H21N3O2. The largest absolute Gasteiger partial charge is 0.345 e. The van der Waals surface area contributed by atoms with Crippen LogP contribution in [0.15, 0.2) is 48.5 Å². The van der Waals surface area contributed by atoms with E-state index in [9.17, 15) is 9.59 Å². The van der Waals surface area contributed by atoms with Gasteiger partial charge in [0, 0.05) is 5.56 Å². The van der Waals surface area contributed by atoms with Crippen LogP contribution in [-0.2, 0) is 11.3 Å². The Bertz CT molecular complexity index is 943. The normalized spacial score (nSPS) is 12.1. The van der Waals surface area contributed by atoms with E-state index in [0.29, 0.717) is 11.4 Å². The molecule has 3 aromatic rings. The minimum atomic E-state index is -0.335. The number of aryl methyl sites for hydroxylation is 1. The van der Waals surface area contributed by atoms with Gasteiger partial charge < -0.3 is 9.88 Å². The van der Waals surface area contributed by atoms with Gasteiger partial charge in [-0.1, -0.05) is 30.3 Å². The Morgan fingerprint density at radius 3 is 2.52 bits per heavy atom. The number of aromatic nitrogens is 2. The smallest absolute Gasteiger partial charge is 0.251 e. The van der Waals surface area contributed by atoms with Gasteiger partial charge in [0.05, 0.1) is 23.6 Å².